The highest BCUT2D eigenvalue weighted by molar-refractivity contribution is 9.10. The molecule has 1 heterocycles. The largest absolute Gasteiger partial charge is 0.479 e. The fourth-order valence-corrected chi connectivity index (χ4v) is 3.31. The van der Waals surface area contributed by atoms with Gasteiger partial charge in [0.2, 0.25) is 0 Å². The van der Waals surface area contributed by atoms with Gasteiger partial charge in [-0.25, -0.2) is 4.79 Å². The smallest absolute Gasteiger partial charge is 0.331 e. The average Bonchev–Trinajstić information content (AvgIpc) is 2.66. The third kappa shape index (κ3) is 2.78. The molecular weight excluding hydrogens is 290 g/mol. The monoisotopic (exact) mass is 301 g/mol. The molecule has 0 saturated carbocycles. The SMILES string of the molecule is O=C(O)C1SCCN1Cc1cccc(Br)c1. The molecule has 0 aliphatic carbocycles. The fraction of sp³-hybridized carbons (Fsp3) is 0.364. The van der Waals surface area contributed by atoms with Crippen LogP contribution in [0.25, 0.3) is 0 Å². The van der Waals surface area contributed by atoms with Crippen LogP contribution in [0, 0.1) is 0 Å². The molecule has 0 aromatic heterocycles. The Hall–Kier alpha value is -0.520. The third-order valence-corrected chi connectivity index (χ3v) is 4.20. The maximum absolute atomic E-state index is 11.0. The minimum absolute atomic E-state index is 0.390. The van der Waals surface area contributed by atoms with Gasteiger partial charge in [0.25, 0.3) is 0 Å². The first-order valence-corrected chi connectivity index (χ1v) is 6.84. The first kappa shape index (κ1) is 12.0. The van der Waals surface area contributed by atoms with E-state index in [1.165, 1.54) is 11.8 Å². The maximum Gasteiger partial charge on any atom is 0.331 e. The van der Waals surface area contributed by atoms with Gasteiger partial charge in [-0.3, -0.25) is 4.90 Å². The molecule has 1 fully saturated rings. The Bertz CT molecular complexity index is 399. The van der Waals surface area contributed by atoms with Gasteiger partial charge in [0, 0.05) is 23.3 Å². The van der Waals surface area contributed by atoms with Gasteiger partial charge in [-0.15, -0.1) is 11.8 Å². The van der Waals surface area contributed by atoms with Crippen LogP contribution in [-0.4, -0.2) is 33.6 Å². The van der Waals surface area contributed by atoms with Crippen molar-refractivity contribution in [3.63, 3.8) is 0 Å². The molecule has 1 saturated heterocycles. The molecule has 1 N–H and O–H groups in total. The second-order valence-electron chi connectivity index (χ2n) is 3.66. The standard InChI is InChI=1S/C11H12BrNO2S/c12-9-3-1-2-8(6-9)7-13-4-5-16-10(13)11(14)15/h1-3,6,10H,4-5,7H2,(H,14,15). The Labute approximate surface area is 107 Å². The summed E-state index contributed by atoms with van der Waals surface area (Å²) in [5.74, 6) is 0.155. The third-order valence-electron chi connectivity index (χ3n) is 2.47. The van der Waals surface area contributed by atoms with E-state index in [1.807, 2.05) is 29.2 Å². The van der Waals surface area contributed by atoms with Gasteiger partial charge in [0.05, 0.1) is 0 Å². The van der Waals surface area contributed by atoms with E-state index in [0.717, 1.165) is 22.3 Å². The quantitative estimate of drug-likeness (QED) is 0.931. The lowest BCUT2D eigenvalue weighted by atomic mass is 10.2. The molecule has 16 heavy (non-hydrogen) atoms. The number of carbonyl (C=O) groups is 1. The molecule has 3 nitrogen and oxygen atoms in total. The van der Waals surface area contributed by atoms with E-state index >= 15 is 0 Å². The average molecular weight is 302 g/mol. The van der Waals surface area contributed by atoms with Crippen molar-refractivity contribution in [3.05, 3.63) is 34.3 Å². The summed E-state index contributed by atoms with van der Waals surface area (Å²) in [6.07, 6.45) is 0. The van der Waals surface area contributed by atoms with Crippen LogP contribution in [0.1, 0.15) is 5.56 Å². The molecule has 1 aromatic carbocycles. The minimum atomic E-state index is -0.738. The van der Waals surface area contributed by atoms with Gasteiger partial charge in [0.1, 0.15) is 0 Å². The summed E-state index contributed by atoms with van der Waals surface area (Å²) < 4.78 is 1.03. The van der Waals surface area contributed by atoms with Crippen molar-refractivity contribution in [3.8, 4) is 0 Å². The molecule has 0 spiro atoms. The predicted molar refractivity (Wildman–Crippen MR) is 68.4 cm³/mol. The van der Waals surface area contributed by atoms with Crippen molar-refractivity contribution in [2.24, 2.45) is 0 Å². The van der Waals surface area contributed by atoms with Crippen molar-refractivity contribution in [2.75, 3.05) is 12.3 Å². The molecule has 0 bridgehead atoms. The first-order valence-electron chi connectivity index (χ1n) is 5.00. The molecule has 2 rings (SSSR count). The Morgan fingerprint density at radius 1 is 1.62 bits per heavy atom. The van der Waals surface area contributed by atoms with Gasteiger partial charge in [-0.2, -0.15) is 0 Å². The van der Waals surface area contributed by atoms with Crippen molar-refractivity contribution in [1.29, 1.82) is 0 Å². The number of hydrogen-bond acceptors (Lipinski definition) is 3. The van der Waals surface area contributed by atoms with Gasteiger partial charge >= 0.3 is 5.97 Å². The second kappa shape index (κ2) is 5.21. The van der Waals surface area contributed by atoms with E-state index in [2.05, 4.69) is 15.9 Å². The van der Waals surface area contributed by atoms with E-state index in [1.54, 1.807) is 0 Å². The van der Waals surface area contributed by atoms with Crippen LogP contribution >= 0.6 is 27.7 Å². The van der Waals surface area contributed by atoms with Crippen molar-refractivity contribution >= 4 is 33.7 Å². The number of halogens is 1. The number of rotatable bonds is 3. The predicted octanol–water partition coefficient (Wildman–Crippen LogP) is 2.41. The zero-order valence-corrected chi connectivity index (χ0v) is 11.0. The molecule has 0 radical (unpaired) electrons. The zero-order valence-electron chi connectivity index (χ0n) is 8.60. The van der Waals surface area contributed by atoms with Crippen LogP contribution in [0.4, 0.5) is 0 Å². The number of thioether (sulfide) groups is 1. The molecule has 86 valence electrons. The molecule has 1 aliphatic heterocycles. The van der Waals surface area contributed by atoms with E-state index in [-0.39, 0.29) is 5.37 Å². The van der Waals surface area contributed by atoms with Crippen LogP contribution in [-0.2, 0) is 11.3 Å². The Balaban J connectivity index is 2.06. The van der Waals surface area contributed by atoms with E-state index in [4.69, 9.17) is 5.11 Å². The Morgan fingerprint density at radius 2 is 2.44 bits per heavy atom. The topological polar surface area (TPSA) is 40.5 Å². The van der Waals surface area contributed by atoms with E-state index < -0.39 is 5.97 Å². The number of benzene rings is 1. The zero-order chi connectivity index (χ0) is 11.5. The Kier molecular flexibility index (Phi) is 3.89. The van der Waals surface area contributed by atoms with Crippen molar-refractivity contribution in [2.45, 2.75) is 11.9 Å². The van der Waals surface area contributed by atoms with Gasteiger partial charge in [0.15, 0.2) is 5.37 Å². The highest BCUT2D eigenvalue weighted by atomic mass is 79.9. The lowest BCUT2D eigenvalue weighted by Gasteiger charge is -2.19. The summed E-state index contributed by atoms with van der Waals surface area (Å²) in [7, 11) is 0. The van der Waals surface area contributed by atoms with Crippen LogP contribution < -0.4 is 0 Å². The molecule has 5 heteroatoms. The first-order chi connectivity index (χ1) is 7.66. The molecule has 1 atom stereocenters. The maximum atomic E-state index is 11.0. The summed E-state index contributed by atoms with van der Waals surface area (Å²) >= 11 is 4.91. The highest BCUT2D eigenvalue weighted by Crippen LogP contribution is 2.26. The summed E-state index contributed by atoms with van der Waals surface area (Å²) in [5.41, 5.74) is 1.14. The molecule has 1 aliphatic rings. The highest BCUT2D eigenvalue weighted by Gasteiger charge is 2.30. The normalized spacial score (nSPS) is 21.2. The van der Waals surface area contributed by atoms with E-state index in [9.17, 15) is 4.79 Å². The summed E-state index contributed by atoms with van der Waals surface area (Å²) in [6.45, 7) is 1.54. The van der Waals surface area contributed by atoms with Crippen LogP contribution in [0.15, 0.2) is 28.7 Å². The minimum Gasteiger partial charge on any atom is -0.479 e. The number of carboxylic acids is 1. The molecule has 1 unspecified atom stereocenters. The number of aliphatic carboxylic acids is 1. The number of nitrogens with zero attached hydrogens (tertiary/aromatic N) is 1. The van der Waals surface area contributed by atoms with E-state index in [0.29, 0.717) is 6.54 Å². The number of carboxylic acid groups (broad SMARTS) is 1. The lowest BCUT2D eigenvalue weighted by Crippen LogP contribution is -2.33. The van der Waals surface area contributed by atoms with Crippen LogP contribution in [0.3, 0.4) is 0 Å². The van der Waals surface area contributed by atoms with Crippen LogP contribution in [0.2, 0.25) is 0 Å². The lowest BCUT2D eigenvalue weighted by molar-refractivity contribution is -0.139. The summed E-state index contributed by atoms with van der Waals surface area (Å²) in [5, 5.41) is 8.65. The van der Waals surface area contributed by atoms with Crippen LogP contribution in [0.5, 0.6) is 0 Å². The Morgan fingerprint density at radius 3 is 3.12 bits per heavy atom. The molecular formula is C11H12BrNO2S. The summed E-state index contributed by atoms with van der Waals surface area (Å²) in [4.78, 5) is 13.0. The fourth-order valence-electron chi connectivity index (χ4n) is 1.76. The number of hydrogen-bond donors (Lipinski definition) is 1. The summed E-state index contributed by atoms with van der Waals surface area (Å²) in [6, 6.07) is 7.99. The van der Waals surface area contributed by atoms with Gasteiger partial charge < -0.3 is 5.11 Å². The van der Waals surface area contributed by atoms with Gasteiger partial charge in [-0.1, -0.05) is 28.1 Å². The van der Waals surface area contributed by atoms with Crippen molar-refractivity contribution < 1.29 is 9.90 Å². The molecule has 0 amide bonds. The van der Waals surface area contributed by atoms with Gasteiger partial charge in [-0.05, 0) is 17.7 Å². The molecule has 1 aromatic rings. The van der Waals surface area contributed by atoms with Crippen molar-refractivity contribution in [1.82, 2.24) is 4.90 Å². The second-order valence-corrected chi connectivity index (χ2v) is 5.77.